The number of amides is 1. The van der Waals surface area contributed by atoms with E-state index in [1.807, 2.05) is 0 Å². The van der Waals surface area contributed by atoms with Gasteiger partial charge in [-0.15, -0.1) is 0 Å². The van der Waals surface area contributed by atoms with E-state index in [0.29, 0.717) is 0 Å². The van der Waals surface area contributed by atoms with Crippen LogP contribution in [0.2, 0.25) is 10.0 Å². The number of rotatable bonds is 3. The van der Waals surface area contributed by atoms with Crippen LogP contribution < -0.4 is 5.32 Å². The van der Waals surface area contributed by atoms with E-state index < -0.39 is 29.6 Å². The Labute approximate surface area is 122 Å². The van der Waals surface area contributed by atoms with Crippen LogP contribution in [0.1, 0.15) is 0 Å². The molecule has 1 aromatic rings. The normalized spacial score (nSPS) is 13.2. The standard InChI is InChI=1S/C10H4Cl2F7NO/c11-4-1-5(12)3-6(2-4)20-7(21)8(13,14)9(15,16)10(17,18)19/h1-3H,(H,20,21). The van der Waals surface area contributed by atoms with E-state index in [1.54, 1.807) is 0 Å². The van der Waals surface area contributed by atoms with Gasteiger partial charge in [0.1, 0.15) is 0 Å². The van der Waals surface area contributed by atoms with Crippen LogP contribution in [-0.2, 0) is 4.79 Å². The molecule has 0 fully saturated rings. The largest absolute Gasteiger partial charge is 0.460 e. The molecule has 0 saturated carbocycles. The molecule has 11 heteroatoms. The van der Waals surface area contributed by atoms with E-state index >= 15 is 0 Å². The van der Waals surface area contributed by atoms with Crippen molar-refractivity contribution in [3.63, 3.8) is 0 Å². The maximum absolute atomic E-state index is 13.0. The average molecular weight is 358 g/mol. The minimum Gasteiger partial charge on any atom is -0.321 e. The van der Waals surface area contributed by atoms with Gasteiger partial charge in [-0.25, -0.2) is 0 Å². The molecule has 21 heavy (non-hydrogen) atoms. The summed E-state index contributed by atoms with van der Waals surface area (Å²) in [5.74, 6) is -15.4. The summed E-state index contributed by atoms with van der Waals surface area (Å²) in [6.07, 6.45) is -6.60. The van der Waals surface area contributed by atoms with E-state index in [2.05, 4.69) is 0 Å². The minimum absolute atomic E-state index is 0.149. The minimum atomic E-state index is -6.60. The smallest absolute Gasteiger partial charge is 0.321 e. The third-order valence-corrected chi connectivity index (χ3v) is 2.59. The summed E-state index contributed by atoms with van der Waals surface area (Å²) in [5, 5.41) is 0.906. The third-order valence-electron chi connectivity index (χ3n) is 2.16. The van der Waals surface area contributed by atoms with Crippen molar-refractivity contribution >= 4 is 34.8 Å². The SMILES string of the molecule is O=C(Nc1cc(Cl)cc(Cl)c1)C(F)(F)C(F)(F)C(F)(F)F. The van der Waals surface area contributed by atoms with Crippen LogP contribution >= 0.6 is 23.2 Å². The molecule has 0 saturated heterocycles. The van der Waals surface area contributed by atoms with Gasteiger partial charge in [0, 0.05) is 15.7 Å². The van der Waals surface area contributed by atoms with Gasteiger partial charge in [-0.3, -0.25) is 4.79 Å². The number of hydrogen-bond acceptors (Lipinski definition) is 1. The zero-order chi connectivity index (χ0) is 16.6. The summed E-state index contributed by atoms with van der Waals surface area (Å²) in [6.45, 7) is 0. The highest BCUT2D eigenvalue weighted by Gasteiger charge is 2.76. The van der Waals surface area contributed by atoms with E-state index in [0.717, 1.165) is 18.2 Å². The maximum atomic E-state index is 13.0. The first-order valence-corrected chi connectivity index (χ1v) is 5.64. The predicted molar refractivity (Wildman–Crippen MR) is 61.0 cm³/mol. The molecule has 0 heterocycles. The molecule has 1 rings (SSSR count). The van der Waals surface area contributed by atoms with Crippen LogP contribution in [0, 0.1) is 0 Å². The van der Waals surface area contributed by atoms with Crippen molar-refractivity contribution in [3.05, 3.63) is 28.2 Å². The van der Waals surface area contributed by atoms with Crippen LogP contribution in [0.15, 0.2) is 18.2 Å². The second-order valence-electron chi connectivity index (χ2n) is 3.76. The number of carbonyl (C=O) groups is 1. The second-order valence-corrected chi connectivity index (χ2v) is 4.63. The van der Waals surface area contributed by atoms with Crippen molar-refractivity contribution in [2.24, 2.45) is 0 Å². The molecule has 0 aliphatic heterocycles. The number of hydrogen-bond donors (Lipinski definition) is 1. The Bertz CT molecular complexity index is 539. The van der Waals surface area contributed by atoms with E-state index in [4.69, 9.17) is 23.2 Å². The molecule has 2 nitrogen and oxygen atoms in total. The van der Waals surface area contributed by atoms with Crippen molar-refractivity contribution in [3.8, 4) is 0 Å². The lowest BCUT2D eigenvalue weighted by molar-refractivity contribution is -0.343. The van der Waals surface area contributed by atoms with Crippen molar-refractivity contribution in [2.75, 3.05) is 5.32 Å². The highest BCUT2D eigenvalue weighted by Crippen LogP contribution is 2.46. The molecule has 1 aromatic carbocycles. The number of carbonyl (C=O) groups excluding carboxylic acids is 1. The molecular weight excluding hydrogens is 354 g/mol. The Morgan fingerprint density at radius 2 is 1.33 bits per heavy atom. The first-order valence-electron chi connectivity index (χ1n) is 4.89. The zero-order valence-electron chi connectivity index (χ0n) is 9.54. The van der Waals surface area contributed by atoms with Crippen molar-refractivity contribution in [1.29, 1.82) is 0 Å². The highest BCUT2D eigenvalue weighted by molar-refractivity contribution is 6.35. The van der Waals surface area contributed by atoms with Gasteiger partial charge in [0.05, 0.1) is 0 Å². The third kappa shape index (κ3) is 3.52. The Hall–Kier alpha value is -1.22. The van der Waals surface area contributed by atoms with Gasteiger partial charge in [0.25, 0.3) is 0 Å². The van der Waals surface area contributed by atoms with Gasteiger partial charge >= 0.3 is 23.9 Å². The molecule has 0 unspecified atom stereocenters. The molecule has 0 aromatic heterocycles. The van der Waals surface area contributed by atoms with E-state index in [-0.39, 0.29) is 10.0 Å². The van der Waals surface area contributed by atoms with Gasteiger partial charge in [-0.05, 0) is 18.2 Å². The molecule has 118 valence electrons. The van der Waals surface area contributed by atoms with Gasteiger partial charge in [-0.1, -0.05) is 23.2 Å². The summed E-state index contributed by atoms with van der Waals surface area (Å²) in [6, 6.07) is 2.81. The van der Waals surface area contributed by atoms with Crippen LogP contribution in [-0.4, -0.2) is 23.9 Å². The monoisotopic (exact) mass is 357 g/mol. The Kier molecular flexibility index (Phi) is 4.69. The summed E-state index contributed by atoms with van der Waals surface area (Å²) >= 11 is 10.9. The van der Waals surface area contributed by atoms with Gasteiger partial charge < -0.3 is 5.32 Å². The van der Waals surface area contributed by atoms with Crippen LogP contribution in [0.4, 0.5) is 36.4 Å². The summed E-state index contributed by atoms with van der Waals surface area (Å²) in [4.78, 5) is 11.0. The van der Waals surface area contributed by atoms with Gasteiger partial charge in [-0.2, -0.15) is 30.7 Å². The number of nitrogens with one attached hydrogen (secondary N) is 1. The molecule has 0 atom stereocenters. The molecule has 1 amide bonds. The fourth-order valence-corrected chi connectivity index (χ4v) is 1.68. The van der Waals surface area contributed by atoms with Crippen LogP contribution in [0.25, 0.3) is 0 Å². The molecular formula is C10H4Cl2F7NO. The lowest BCUT2D eigenvalue weighted by atomic mass is 10.1. The second kappa shape index (κ2) is 5.53. The quantitative estimate of drug-likeness (QED) is 0.776. The topological polar surface area (TPSA) is 29.1 Å². The number of anilines is 1. The summed E-state index contributed by atoms with van der Waals surface area (Å²) in [7, 11) is 0. The summed E-state index contributed by atoms with van der Waals surface area (Å²) in [5.41, 5.74) is -0.560. The first kappa shape index (κ1) is 17.8. The Morgan fingerprint density at radius 1 is 0.905 bits per heavy atom. The molecule has 0 bridgehead atoms. The van der Waals surface area contributed by atoms with Crippen LogP contribution in [0.5, 0.6) is 0 Å². The number of halogens is 9. The molecule has 0 radical (unpaired) electrons. The molecule has 0 spiro atoms. The molecule has 0 aliphatic carbocycles. The summed E-state index contributed by atoms with van der Waals surface area (Å²) < 4.78 is 87.0. The lowest BCUT2D eigenvalue weighted by Gasteiger charge is -2.27. The predicted octanol–water partition coefficient (Wildman–Crippen LogP) is 4.76. The Balaban J connectivity index is 3.07. The highest BCUT2D eigenvalue weighted by atomic mass is 35.5. The van der Waals surface area contributed by atoms with Crippen molar-refractivity contribution in [1.82, 2.24) is 0 Å². The van der Waals surface area contributed by atoms with Crippen molar-refractivity contribution < 1.29 is 35.5 Å². The number of benzene rings is 1. The Morgan fingerprint density at radius 3 is 1.71 bits per heavy atom. The van der Waals surface area contributed by atoms with Gasteiger partial charge in [0.15, 0.2) is 0 Å². The first-order chi connectivity index (χ1) is 9.29. The molecule has 0 aliphatic rings. The zero-order valence-corrected chi connectivity index (χ0v) is 11.1. The van der Waals surface area contributed by atoms with E-state index in [9.17, 15) is 35.5 Å². The molecule has 1 N–H and O–H groups in total. The average Bonchev–Trinajstić information content (AvgIpc) is 2.25. The van der Waals surface area contributed by atoms with E-state index in [1.165, 1.54) is 5.32 Å². The van der Waals surface area contributed by atoms with Gasteiger partial charge in [0.2, 0.25) is 0 Å². The fraction of sp³-hybridized carbons (Fsp3) is 0.300. The number of alkyl halides is 7. The lowest BCUT2D eigenvalue weighted by Crippen LogP contribution is -2.57. The van der Waals surface area contributed by atoms with Crippen molar-refractivity contribution in [2.45, 2.75) is 18.0 Å². The fourth-order valence-electron chi connectivity index (χ4n) is 1.16. The maximum Gasteiger partial charge on any atom is 0.460 e. The van der Waals surface area contributed by atoms with Crippen LogP contribution in [0.3, 0.4) is 0 Å².